The molecule has 318 valence electrons. The Bertz CT molecular complexity index is 3930. The van der Waals surface area contributed by atoms with E-state index in [2.05, 4.69) is 231 Å². The van der Waals surface area contributed by atoms with Crippen molar-refractivity contribution in [3.05, 3.63) is 248 Å². The van der Waals surface area contributed by atoms with Gasteiger partial charge in [-0.15, -0.1) is 0 Å². The lowest BCUT2D eigenvalue weighted by molar-refractivity contribution is 0.857. The van der Waals surface area contributed by atoms with E-state index in [1.165, 1.54) is 54.4 Å². The number of hydrogen-bond donors (Lipinski definition) is 0. The first-order valence-corrected chi connectivity index (χ1v) is 23.3. The second-order valence-electron chi connectivity index (χ2n) is 17.8. The predicted molar refractivity (Wildman–Crippen MR) is 283 cm³/mol. The van der Waals surface area contributed by atoms with E-state index in [0.29, 0.717) is 17.5 Å². The summed E-state index contributed by atoms with van der Waals surface area (Å²) in [6.07, 6.45) is 9.87. The summed E-state index contributed by atoms with van der Waals surface area (Å²) >= 11 is 0. The minimum atomic E-state index is 0.119. The third kappa shape index (κ3) is 7.20. The molecule has 13 rings (SSSR count). The molecule has 1 unspecified atom stereocenters. The molecule has 12 aromatic rings. The first kappa shape index (κ1) is 39.5. The topological polar surface area (TPSA) is 51.6 Å². The Morgan fingerprint density at radius 1 is 0.353 bits per heavy atom. The van der Waals surface area contributed by atoms with Crippen LogP contribution in [-0.4, -0.2) is 19.9 Å². The number of benzene rings is 10. The zero-order valence-corrected chi connectivity index (χ0v) is 37.1. The van der Waals surface area contributed by atoms with Gasteiger partial charge in [-0.05, 0) is 125 Å². The number of pyridine rings is 1. The van der Waals surface area contributed by atoms with E-state index < -0.39 is 0 Å². The smallest absolute Gasteiger partial charge is 0.164 e. The molecule has 0 N–H and O–H groups in total. The fraction of sp³-hybridized carbons (Fsp3) is 0.0312. The molecule has 0 bridgehead atoms. The standard InChI is InChI=1S/C64H42N4/c1-3-15-46-35-51(30-26-41(46)12-1)62-66-63(52-31-27-42-13-2-4-16-47(42)36-52)68-64(67-62)55-38-53(37-54(39-55)48-18-11-19-50(34-48)61-57-21-8-5-14-44(57)32-33-65-61)43-24-28-45(29-25-43)60-40-49-17-6-7-20-56(49)58-22-9-10-23-59(58)60/h1-24,26-40,43H,25H2. The van der Waals surface area contributed by atoms with Gasteiger partial charge in [-0.2, -0.15) is 0 Å². The molecule has 0 aliphatic heterocycles. The molecule has 0 radical (unpaired) electrons. The van der Waals surface area contributed by atoms with Crippen LogP contribution in [0.1, 0.15) is 23.5 Å². The van der Waals surface area contributed by atoms with Crippen LogP contribution in [-0.2, 0) is 0 Å². The van der Waals surface area contributed by atoms with Gasteiger partial charge in [0.05, 0.1) is 5.69 Å². The lowest BCUT2D eigenvalue weighted by atomic mass is 9.84. The zero-order valence-electron chi connectivity index (χ0n) is 37.1. The molecule has 2 heterocycles. The highest BCUT2D eigenvalue weighted by atomic mass is 15.0. The second-order valence-corrected chi connectivity index (χ2v) is 17.8. The van der Waals surface area contributed by atoms with Crippen molar-refractivity contribution in [1.82, 2.24) is 19.9 Å². The van der Waals surface area contributed by atoms with Gasteiger partial charge in [-0.1, -0.05) is 188 Å². The van der Waals surface area contributed by atoms with Crippen LogP contribution in [0.4, 0.5) is 0 Å². The fourth-order valence-electron chi connectivity index (χ4n) is 10.1. The molecule has 0 spiro atoms. The Morgan fingerprint density at radius 2 is 0.912 bits per heavy atom. The van der Waals surface area contributed by atoms with E-state index in [1.54, 1.807) is 0 Å². The zero-order chi connectivity index (χ0) is 45.0. The maximum atomic E-state index is 5.33. The average Bonchev–Trinajstić information content (AvgIpc) is 3.42. The Morgan fingerprint density at radius 3 is 1.60 bits per heavy atom. The SMILES string of the molecule is C1=CC(c2cc(-c3cccc(-c4nccc5ccccc45)c3)cc(-c3nc(-c4ccc5ccccc5c4)nc(-c4ccc5ccccc5c4)n3)c2)CC=C1c1cc2ccccc2c2ccccc12. The van der Waals surface area contributed by atoms with E-state index >= 15 is 0 Å². The van der Waals surface area contributed by atoms with Gasteiger partial charge >= 0.3 is 0 Å². The van der Waals surface area contributed by atoms with E-state index in [1.807, 2.05) is 6.20 Å². The number of allylic oxidation sites excluding steroid dienone is 4. The summed E-state index contributed by atoms with van der Waals surface area (Å²) in [5.74, 6) is 2.01. The van der Waals surface area contributed by atoms with Crippen molar-refractivity contribution in [3.8, 4) is 56.5 Å². The third-order valence-corrected chi connectivity index (χ3v) is 13.6. The van der Waals surface area contributed by atoms with Gasteiger partial charge in [-0.25, -0.2) is 15.0 Å². The highest BCUT2D eigenvalue weighted by Gasteiger charge is 2.20. The predicted octanol–water partition coefficient (Wildman–Crippen LogP) is 16.5. The largest absolute Gasteiger partial charge is 0.256 e. The second kappa shape index (κ2) is 16.5. The molecule has 1 aliphatic rings. The maximum absolute atomic E-state index is 5.33. The van der Waals surface area contributed by atoms with Gasteiger partial charge in [0.1, 0.15) is 0 Å². The summed E-state index contributed by atoms with van der Waals surface area (Å²) in [5.41, 5.74) is 10.7. The minimum Gasteiger partial charge on any atom is -0.256 e. The third-order valence-electron chi connectivity index (χ3n) is 13.6. The summed E-state index contributed by atoms with van der Waals surface area (Å²) in [5, 5.41) is 12.0. The highest BCUT2D eigenvalue weighted by Crippen LogP contribution is 2.40. The molecule has 4 heteroatoms. The van der Waals surface area contributed by atoms with Crippen molar-refractivity contribution < 1.29 is 0 Å². The molecule has 10 aromatic carbocycles. The summed E-state index contributed by atoms with van der Waals surface area (Å²) in [6, 6.07) is 75.8. The Labute approximate surface area is 394 Å². The van der Waals surface area contributed by atoms with Gasteiger partial charge in [0.15, 0.2) is 17.5 Å². The van der Waals surface area contributed by atoms with Gasteiger partial charge in [0.2, 0.25) is 0 Å². The molecule has 0 amide bonds. The molecule has 4 nitrogen and oxygen atoms in total. The molecular formula is C64H42N4. The fourth-order valence-corrected chi connectivity index (χ4v) is 10.1. The Balaban J connectivity index is 0.971. The van der Waals surface area contributed by atoms with Crippen LogP contribution >= 0.6 is 0 Å². The quantitative estimate of drug-likeness (QED) is 0.150. The van der Waals surface area contributed by atoms with Gasteiger partial charge in [0.25, 0.3) is 0 Å². The number of fused-ring (bicyclic) bond motifs is 6. The van der Waals surface area contributed by atoms with Crippen molar-refractivity contribution in [2.45, 2.75) is 12.3 Å². The lowest BCUT2D eigenvalue weighted by Gasteiger charge is -2.20. The van der Waals surface area contributed by atoms with Crippen molar-refractivity contribution in [2.24, 2.45) is 0 Å². The first-order chi connectivity index (χ1) is 33.6. The van der Waals surface area contributed by atoms with Gasteiger partial charge in [-0.3, -0.25) is 4.98 Å². The van der Waals surface area contributed by atoms with E-state index in [-0.39, 0.29) is 5.92 Å². The van der Waals surface area contributed by atoms with Crippen molar-refractivity contribution in [3.63, 3.8) is 0 Å². The van der Waals surface area contributed by atoms with Crippen molar-refractivity contribution in [1.29, 1.82) is 0 Å². The Kier molecular flexibility index (Phi) is 9.61. The van der Waals surface area contributed by atoms with Crippen LogP contribution in [0.15, 0.2) is 237 Å². The Hall–Kier alpha value is -8.86. The normalized spacial score (nSPS) is 13.7. The van der Waals surface area contributed by atoms with Crippen LogP contribution in [0.25, 0.3) is 116 Å². The highest BCUT2D eigenvalue weighted by molar-refractivity contribution is 6.12. The number of aromatic nitrogens is 4. The summed E-state index contributed by atoms with van der Waals surface area (Å²) in [4.78, 5) is 20.8. The molecule has 1 aliphatic carbocycles. The first-order valence-electron chi connectivity index (χ1n) is 23.3. The lowest BCUT2D eigenvalue weighted by Crippen LogP contribution is -2.03. The molecule has 0 saturated carbocycles. The van der Waals surface area contributed by atoms with Gasteiger partial charge < -0.3 is 0 Å². The molecule has 0 saturated heterocycles. The number of rotatable bonds is 7. The minimum absolute atomic E-state index is 0.119. The molecule has 1 atom stereocenters. The van der Waals surface area contributed by atoms with Crippen LogP contribution in [0.5, 0.6) is 0 Å². The van der Waals surface area contributed by atoms with Crippen LogP contribution in [0.3, 0.4) is 0 Å². The monoisotopic (exact) mass is 866 g/mol. The van der Waals surface area contributed by atoms with Crippen LogP contribution in [0.2, 0.25) is 0 Å². The summed E-state index contributed by atoms with van der Waals surface area (Å²) in [7, 11) is 0. The van der Waals surface area contributed by atoms with Crippen LogP contribution in [0, 0.1) is 0 Å². The molecular weight excluding hydrogens is 825 g/mol. The van der Waals surface area contributed by atoms with E-state index in [0.717, 1.165) is 61.7 Å². The van der Waals surface area contributed by atoms with Gasteiger partial charge in [0, 0.05) is 39.8 Å². The van der Waals surface area contributed by atoms with Crippen molar-refractivity contribution in [2.75, 3.05) is 0 Å². The summed E-state index contributed by atoms with van der Waals surface area (Å²) in [6.45, 7) is 0. The number of hydrogen-bond acceptors (Lipinski definition) is 4. The summed E-state index contributed by atoms with van der Waals surface area (Å²) < 4.78 is 0. The van der Waals surface area contributed by atoms with E-state index in [9.17, 15) is 0 Å². The van der Waals surface area contributed by atoms with Crippen LogP contribution < -0.4 is 0 Å². The number of nitrogens with zero attached hydrogens (tertiary/aromatic N) is 4. The molecule has 68 heavy (non-hydrogen) atoms. The van der Waals surface area contributed by atoms with E-state index in [4.69, 9.17) is 19.9 Å². The maximum Gasteiger partial charge on any atom is 0.164 e. The van der Waals surface area contributed by atoms with Crippen molar-refractivity contribution >= 4 is 59.4 Å². The average molecular weight is 867 g/mol. The molecule has 2 aromatic heterocycles. The molecule has 0 fully saturated rings.